The zero-order valence-electron chi connectivity index (χ0n) is 10.4. The lowest BCUT2D eigenvalue weighted by atomic mass is 10.1. The van der Waals surface area contributed by atoms with E-state index < -0.39 is 0 Å². The largest absolute Gasteiger partial charge is 0.330 e. The quantitative estimate of drug-likeness (QED) is 0.795. The molecule has 2 aromatic carbocycles. The van der Waals surface area contributed by atoms with Crippen LogP contribution in [0.2, 0.25) is 5.02 Å². The highest BCUT2D eigenvalue weighted by Crippen LogP contribution is 2.28. The van der Waals surface area contributed by atoms with Gasteiger partial charge in [0.05, 0.1) is 21.7 Å². The molecule has 0 amide bonds. The van der Waals surface area contributed by atoms with Crippen LogP contribution < -0.4 is 5.73 Å². The van der Waals surface area contributed by atoms with Crippen molar-refractivity contribution < 1.29 is 0 Å². The van der Waals surface area contributed by atoms with Crippen molar-refractivity contribution in [2.75, 3.05) is 6.54 Å². The minimum Gasteiger partial charge on any atom is -0.330 e. The summed E-state index contributed by atoms with van der Waals surface area (Å²) in [6.45, 7) is 0.597. The van der Waals surface area contributed by atoms with Crippen molar-refractivity contribution in [3.05, 3.63) is 59.4 Å². The SMILES string of the molecule is NCCc1cccc(Cl)c1-n1cnc2ccccc21. The van der Waals surface area contributed by atoms with Crippen LogP contribution in [0.5, 0.6) is 0 Å². The third-order valence-corrected chi connectivity index (χ3v) is 3.48. The third-order valence-electron chi connectivity index (χ3n) is 3.18. The van der Waals surface area contributed by atoms with E-state index >= 15 is 0 Å². The minimum absolute atomic E-state index is 0.597. The number of halogens is 1. The first-order valence-corrected chi connectivity index (χ1v) is 6.59. The van der Waals surface area contributed by atoms with Gasteiger partial charge in [0, 0.05) is 0 Å². The number of imidazole rings is 1. The van der Waals surface area contributed by atoms with E-state index in [1.54, 1.807) is 0 Å². The first-order chi connectivity index (χ1) is 9.31. The van der Waals surface area contributed by atoms with Gasteiger partial charge in [-0.15, -0.1) is 0 Å². The van der Waals surface area contributed by atoms with Crippen molar-refractivity contribution in [2.24, 2.45) is 5.73 Å². The molecule has 3 aromatic rings. The fourth-order valence-corrected chi connectivity index (χ4v) is 2.61. The highest BCUT2D eigenvalue weighted by atomic mass is 35.5. The van der Waals surface area contributed by atoms with Gasteiger partial charge in [-0.1, -0.05) is 35.9 Å². The summed E-state index contributed by atoms with van der Waals surface area (Å²) in [5.41, 5.74) is 9.80. The van der Waals surface area contributed by atoms with E-state index in [-0.39, 0.29) is 0 Å². The molecule has 1 aromatic heterocycles. The zero-order valence-corrected chi connectivity index (χ0v) is 11.1. The molecule has 0 saturated heterocycles. The standard InChI is InChI=1S/C15H14ClN3/c16-12-5-3-4-11(8-9-17)15(12)19-10-18-13-6-1-2-7-14(13)19/h1-7,10H,8-9,17H2. The molecule has 0 saturated carbocycles. The Bertz CT molecular complexity index is 718. The van der Waals surface area contributed by atoms with Crippen molar-refractivity contribution in [1.29, 1.82) is 0 Å². The Hall–Kier alpha value is -1.84. The predicted molar refractivity (Wildman–Crippen MR) is 78.8 cm³/mol. The Morgan fingerprint density at radius 3 is 2.79 bits per heavy atom. The molecule has 3 nitrogen and oxygen atoms in total. The fourth-order valence-electron chi connectivity index (χ4n) is 2.32. The van der Waals surface area contributed by atoms with Crippen LogP contribution in [-0.2, 0) is 6.42 Å². The third kappa shape index (κ3) is 2.11. The summed E-state index contributed by atoms with van der Waals surface area (Å²) < 4.78 is 2.03. The summed E-state index contributed by atoms with van der Waals surface area (Å²) in [5, 5.41) is 0.717. The van der Waals surface area contributed by atoms with Crippen molar-refractivity contribution in [3.8, 4) is 5.69 Å². The molecule has 0 unspecified atom stereocenters. The Morgan fingerprint density at radius 2 is 1.95 bits per heavy atom. The van der Waals surface area contributed by atoms with E-state index in [0.29, 0.717) is 11.6 Å². The molecular weight excluding hydrogens is 258 g/mol. The predicted octanol–water partition coefficient (Wildman–Crippen LogP) is 3.18. The average molecular weight is 272 g/mol. The Kier molecular flexibility index (Phi) is 3.23. The fraction of sp³-hybridized carbons (Fsp3) is 0.133. The molecule has 0 aliphatic carbocycles. The molecule has 96 valence electrons. The van der Waals surface area contributed by atoms with Crippen LogP contribution in [0.1, 0.15) is 5.56 Å². The van der Waals surface area contributed by atoms with Gasteiger partial charge in [0.2, 0.25) is 0 Å². The monoisotopic (exact) mass is 271 g/mol. The lowest BCUT2D eigenvalue weighted by Gasteiger charge is -2.12. The number of nitrogens with zero attached hydrogens (tertiary/aromatic N) is 2. The smallest absolute Gasteiger partial charge is 0.100 e. The number of para-hydroxylation sites is 3. The first kappa shape index (κ1) is 12.2. The van der Waals surface area contributed by atoms with Crippen molar-refractivity contribution >= 4 is 22.6 Å². The number of fused-ring (bicyclic) bond motifs is 1. The second kappa shape index (κ2) is 5.03. The van der Waals surface area contributed by atoms with Crippen LogP contribution in [0.15, 0.2) is 48.8 Å². The molecule has 2 N–H and O–H groups in total. The summed E-state index contributed by atoms with van der Waals surface area (Å²) in [4.78, 5) is 4.41. The molecule has 3 rings (SSSR count). The van der Waals surface area contributed by atoms with E-state index in [9.17, 15) is 0 Å². The second-order valence-electron chi connectivity index (χ2n) is 4.39. The summed E-state index contributed by atoms with van der Waals surface area (Å²) in [5.74, 6) is 0. The topological polar surface area (TPSA) is 43.8 Å². The van der Waals surface area contributed by atoms with Gasteiger partial charge in [0.1, 0.15) is 6.33 Å². The van der Waals surface area contributed by atoms with Crippen molar-refractivity contribution in [1.82, 2.24) is 9.55 Å². The molecule has 0 aliphatic rings. The van der Waals surface area contributed by atoms with Gasteiger partial charge in [-0.25, -0.2) is 4.98 Å². The van der Waals surface area contributed by atoms with Crippen LogP contribution in [-0.4, -0.2) is 16.1 Å². The molecule has 0 spiro atoms. The molecular formula is C15H14ClN3. The highest BCUT2D eigenvalue weighted by Gasteiger charge is 2.11. The lowest BCUT2D eigenvalue weighted by Crippen LogP contribution is -2.07. The summed E-state index contributed by atoms with van der Waals surface area (Å²) >= 11 is 6.37. The molecule has 0 fully saturated rings. The zero-order chi connectivity index (χ0) is 13.2. The van der Waals surface area contributed by atoms with Gasteiger partial charge in [-0.2, -0.15) is 0 Å². The second-order valence-corrected chi connectivity index (χ2v) is 4.80. The first-order valence-electron chi connectivity index (χ1n) is 6.21. The van der Waals surface area contributed by atoms with E-state index in [2.05, 4.69) is 11.1 Å². The lowest BCUT2D eigenvalue weighted by molar-refractivity contribution is 0.942. The van der Waals surface area contributed by atoms with Gasteiger partial charge in [0.15, 0.2) is 0 Å². The van der Waals surface area contributed by atoms with Gasteiger partial charge in [0.25, 0.3) is 0 Å². The van der Waals surface area contributed by atoms with Crippen LogP contribution in [0.25, 0.3) is 16.7 Å². The van der Waals surface area contributed by atoms with Gasteiger partial charge >= 0.3 is 0 Å². The van der Waals surface area contributed by atoms with Gasteiger partial charge in [-0.3, -0.25) is 4.57 Å². The van der Waals surface area contributed by atoms with Crippen molar-refractivity contribution in [3.63, 3.8) is 0 Å². The van der Waals surface area contributed by atoms with Crippen LogP contribution >= 0.6 is 11.6 Å². The highest BCUT2D eigenvalue weighted by molar-refractivity contribution is 6.32. The number of rotatable bonds is 3. The summed E-state index contributed by atoms with van der Waals surface area (Å²) in [6.07, 6.45) is 2.61. The maximum atomic E-state index is 6.37. The van der Waals surface area contributed by atoms with Crippen LogP contribution in [0.3, 0.4) is 0 Å². The maximum Gasteiger partial charge on any atom is 0.100 e. The normalized spacial score (nSPS) is 11.1. The molecule has 0 bridgehead atoms. The number of hydrogen-bond acceptors (Lipinski definition) is 2. The molecule has 0 atom stereocenters. The van der Waals surface area contributed by atoms with E-state index in [1.807, 2.05) is 47.3 Å². The molecule has 19 heavy (non-hydrogen) atoms. The molecule has 0 radical (unpaired) electrons. The van der Waals surface area contributed by atoms with Crippen LogP contribution in [0, 0.1) is 0 Å². The summed E-state index contributed by atoms with van der Waals surface area (Å²) in [7, 11) is 0. The van der Waals surface area contributed by atoms with Gasteiger partial charge < -0.3 is 5.73 Å². The minimum atomic E-state index is 0.597. The summed E-state index contributed by atoms with van der Waals surface area (Å²) in [6, 6.07) is 13.9. The van der Waals surface area contributed by atoms with Gasteiger partial charge in [-0.05, 0) is 36.7 Å². The van der Waals surface area contributed by atoms with Crippen LogP contribution in [0.4, 0.5) is 0 Å². The number of aromatic nitrogens is 2. The Morgan fingerprint density at radius 1 is 1.11 bits per heavy atom. The number of benzene rings is 2. The van der Waals surface area contributed by atoms with E-state index in [4.69, 9.17) is 17.3 Å². The van der Waals surface area contributed by atoms with E-state index in [1.165, 1.54) is 0 Å². The molecule has 4 heteroatoms. The number of nitrogens with two attached hydrogens (primary N) is 1. The maximum absolute atomic E-state index is 6.37. The molecule has 1 heterocycles. The Balaban J connectivity index is 2.26. The van der Waals surface area contributed by atoms with E-state index in [0.717, 1.165) is 28.7 Å². The average Bonchev–Trinajstić information content (AvgIpc) is 2.83. The molecule has 0 aliphatic heterocycles. The Labute approximate surface area is 116 Å². The van der Waals surface area contributed by atoms with Crippen molar-refractivity contribution in [2.45, 2.75) is 6.42 Å². The number of hydrogen-bond donors (Lipinski definition) is 1.